The number of urea groups is 1. The topological polar surface area (TPSA) is 87.7 Å². The van der Waals surface area contributed by atoms with Crippen molar-refractivity contribution in [1.82, 2.24) is 0 Å². The molecule has 2 amide bonds. The molecule has 0 saturated heterocycles. The zero-order chi connectivity index (χ0) is 19.5. The summed E-state index contributed by atoms with van der Waals surface area (Å²) in [4.78, 5) is 23.2. The minimum atomic E-state index is -1.37. The number of carboxylic acid groups (broad SMARTS) is 1. The van der Waals surface area contributed by atoms with E-state index >= 15 is 0 Å². The molecule has 6 nitrogen and oxygen atoms in total. The van der Waals surface area contributed by atoms with E-state index in [-0.39, 0.29) is 15.7 Å². The van der Waals surface area contributed by atoms with Crippen LogP contribution in [-0.4, -0.2) is 22.7 Å². The minimum absolute atomic E-state index is 0.206. The average Bonchev–Trinajstić information content (AvgIpc) is 2.52. The van der Waals surface area contributed by atoms with Crippen molar-refractivity contribution in [1.29, 1.82) is 0 Å². The molecule has 26 heavy (non-hydrogen) atoms. The first kappa shape index (κ1) is 20.2. The molecule has 0 radical (unpaired) electrons. The molecule has 0 atom stereocenters. The Morgan fingerprint density at radius 2 is 1.54 bits per heavy atom. The van der Waals surface area contributed by atoms with E-state index in [9.17, 15) is 9.59 Å². The maximum Gasteiger partial charge on any atom is 0.347 e. The van der Waals surface area contributed by atoms with E-state index in [1.54, 1.807) is 24.3 Å². The molecule has 0 fully saturated rings. The molecule has 9 heteroatoms. The number of benzene rings is 2. The first-order chi connectivity index (χ1) is 12.1. The highest BCUT2D eigenvalue weighted by Gasteiger charge is 2.29. The molecule has 0 aliphatic carbocycles. The number of anilines is 2. The lowest BCUT2D eigenvalue weighted by Crippen LogP contribution is -2.37. The van der Waals surface area contributed by atoms with E-state index < -0.39 is 17.6 Å². The summed E-state index contributed by atoms with van der Waals surface area (Å²) in [6.45, 7) is 2.88. The van der Waals surface area contributed by atoms with Gasteiger partial charge >= 0.3 is 12.0 Å². The third-order valence-electron chi connectivity index (χ3n) is 3.25. The lowest BCUT2D eigenvalue weighted by atomic mass is 10.1. The number of carboxylic acids is 1. The van der Waals surface area contributed by atoms with Crippen LogP contribution in [0.4, 0.5) is 16.2 Å². The van der Waals surface area contributed by atoms with Crippen molar-refractivity contribution in [3.05, 3.63) is 51.5 Å². The number of aliphatic carboxylic acids is 1. The maximum atomic E-state index is 12.1. The molecule has 2 aromatic rings. The third-order valence-corrected chi connectivity index (χ3v) is 4.06. The van der Waals surface area contributed by atoms with Crippen molar-refractivity contribution in [3.8, 4) is 5.75 Å². The molecule has 0 unspecified atom stereocenters. The van der Waals surface area contributed by atoms with Crippen molar-refractivity contribution in [2.24, 2.45) is 0 Å². The van der Waals surface area contributed by atoms with Gasteiger partial charge in [0, 0.05) is 10.7 Å². The van der Waals surface area contributed by atoms with Gasteiger partial charge in [0.25, 0.3) is 0 Å². The van der Waals surface area contributed by atoms with Crippen LogP contribution < -0.4 is 15.4 Å². The maximum absolute atomic E-state index is 12.1. The van der Waals surface area contributed by atoms with Crippen LogP contribution in [0.5, 0.6) is 5.75 Å². The van der Waals surface area contributed by atoms with Crippen molar-refractivity contribution in [2.75, 3.05) is 10.6 Å². The van der Waals surface area contributed by atoms with Gasteiger partial charge in [-0.05, 0) is 50.2 Å². The largest absolute Gasteiger partial charge is 0.478 e. The number of rotatable bonds is 5. The Kier molecular flexibility index (Phi) is 6.23. The highest BCUT2D eigenvalue weighted by Crippen LogP contribution is 2.33. The lowest BCUT2D eigenvalue weighted by molar-refractivity contribution is -0.152. The van der Waals surface area contributed by atoms with Gasteiger partial charge in [-0.2, -0.15) is 0 Å². The monoisotopic (exact) mass is 416 g/mol. The normalized spacial score (nSPS) is 11.0. The van der Waals surface area contributed by atoms with Gasteiger partial charge in [0.15, 0.2) is 5.60 Å². The van der Waals surface area contributed by atoms with Gasteiger partial charge in [0.05, 0.1) is 15.7 Å². The van der Waals surface area contributed by atoms with Crippen LogP contribution in [0.15, 0.2) is 36.4 Å². The van der Waals surface area contributed by atoms with Gasteiger partial charge in [-0.15, -0.1) is 0 Å². The Balaban J connectivity index is 2.03. The predicted octanol–water partition coefficient (Wildman–Crippen LogP) is 5.53. The summed E-state index contributed by atoms with van der Waals surface area (Å²) < 4.78 is 5.39. The standard InChI is InChI=1S/C17H15Cl3N2O4/c1-17(2,15(23)24)26-11-5-3-10(4-6-11)21-16(25)22-14-12(19)7-9(18)8-13(14)20/h3-8H,1-2H3,(H,23,24)(H2,21,22,25). The fourth-order valence-electron chi connectivity index (χ4n) is 1.88. The quantitative estimate of drug-likeness (QED) is 0.596. The lowest BCUT2D eigenvalue weighted by Gasteiger charge is -2.21. The Hall–Kier alpha value is -2.15. The fourth-order valence-corrected chi connectivity index (χ4v) is 2.79. The molecule has 0 aromatic heterocycles. The van der Waals surface area contributed by atoms with Gasteiger partial charge in [-0.1, -0.05) is 34.8 Å². The SMILES string of the molecule is CC(C)(Oc1ccc(NC(=O)Nc2c(Cl)cc(Cl)cc2Cl)cc1)C(=O)O. The average molecular weight is 418 g/mol. The minimum Gasteiger partial charge on any atom is -0.478 e. The van der Waals surface area contributed by atoms with E-state index in [1.165, 1.54) is 26.0 Å². The van der Waals surface area contributed by atoms with Crippen LogP contribution in [0, 0.1) is 0 Å². The van der Waals surface area contributed by atoms with Gasteiger partial charge in [-0.3, -0.25) is 0 Å². The van der Waals surface area contributed by atoms with Gasteiger partial charge in [0.2, 0.25) is 0 Å². The van der Waals surface area contributed by atoms with Crippen molar-refractivity contribution in [3.63, 3.8) is 0 Å². The number of amides is 2. The number of nitrogens with one attached hydrogen (secondary N) is 2. The van der Waals surface area contributed by atoms with E-state index in [4.69, 9.17) is 44.6 Å². The summed E-state index contributed by atoms with van der Waals surface area (Å²) in [5.74, 6) is -0.733. The third kappa shape index (κ3) is 5.17. The summed E-state index contributed by atoms with van der Waals surface area (Å²) in [6, 6.07) is 8.58. The Morgan fingerprint density at radius 1 is 1.00 bits per heavy atom. The number of carbonyl (C=O) groups excluding carboxylic acids is 1. The zero-order valence-electron chi connectivity index (χ0n) is 13.8. The number of hydrogen-bond donors (Lipinski definition) is 3. The number of hydrogen-bond acceptors (Lipinski definition) is 3. The van der Waals surface area contributed by atoms with Crippen molar-refractivity contribution < 1.29 is 19.4 Å². The summed E-state index contributed by atoms with van der Waals surface area (Å²) in [5.41, 5.74) is -0.670. The molecule has 0 aliphatic heterocycles. The molecular formula is C17H15Cl3N2O4. The summed E-state index contributed by atoms with van der Waals surface area (Å²) >= 11 is 17.9. The highest BCUT2D eigenvalue weighted by atomic mass is 35.5. The van der Waals surface area contributed by atoms with Crippen molar-refractivity contribution in [2.45, 2.75) is 19.4 Å². The zero-order valence-corrected chi connectivity index (χ0v) is 16.0. The van der Waals surface area contributed by atoms with Crippen LogP contribution >= 0.6 is 34.8 Å². The van der Waals surface area contributed by atoms with Crippen LogP contribution in [0.25, 0.3) is 0 Å². The summed E-state index contributed by atoms with van der Waals surface area (Å²) in [7, 11) is 0. The van der Waals surface area contributed by atoms with E-state index in [0.717, 1.165) is 0 Å². The predicted molar refractivity (Wildman–Crippen MR) is 103 cm³/mol. The molecule has 0 bridgehead atoms. The van der Waals surface area contributed by atoms with E-state index in [1.807, 2.05) is 0 Å². The van der Waals surface area contributed by atoms with Crippen LogP contribution in [0.3, 0.4) is 0 Å². The molecule has 3 N–H and O–H groups in total. The second kappa shape index (κ2) is 8.03. The second-order valence-corrected chi connectivity index (χ2v) is 7.02. The number of carbonyl (C=O) groups is 2. The number of ether oxygens (including phenoxy) is 1. The highest BCUT2D eigenvalue weighted by molar-refractivity contribution is 6.42. The molecule has 0 heterocycles. The molecule has 0 spiro atoms. The summed E-state index contributed by atoms with van der Waals surface area (Å²) in [5, 5.41) is 15.0. The Morgan fingerprint density at radius 3 is 2.04 bits per heavy atom. The molecule has 0 saturated carbocycles. The van der Waals surface area contributed by atoms with Gasteiger partial charge in [-0.25, -0.2) is 9.59 Å². The number of halogens is 3. The van der Waals surface area contributed by atoms with Gasteiger partial charge < -0.3 is 20.5 Å². The first-order valence-electron chi connectivity index (χ1n) is 7.33. The van der Waals surface area contributed by atoms with Crippen LogP contribution in [0.2, 0.25) is 15.1 Å². The van der Waals surface area contributed by atoms with Crippen LogP contribution in [0.1, 0.15) is 13.8 Å². The van der Waals surface area contributed by atoms with Crippen LogP contribution in [-0.2, 0) is 4.79 Å². The molecule has 0 aliphatic rings. The van der Waals surface area contributed by atoms with E-state index in [2.05, 4.69) is 10.6 Å². The molecular weight excluding hydrogens is 403 g/mol. The summed E-state index contributed by atoms with van der Waals surface area (Å²) in [6.07, 6.45) is 0. The molecule has 2 aromatic carbocycles. The van der Waals surface area contributed by atoms with Gasteiger partial charge in [0.1, 0.15) is 5.75 Å². The smallest absolute Gasteiger partial charge is 0.347 e. The molecule has 2 rings (SSSR count). The van der Waals surface area contributed by atoms with E-state index in [0.29, 0.717) is 16.5 Å². The Labute approximate surface area is 165 Å². The fraction of sp³-hybridized carbons (Fsp3) is 0.176. The first-order valence-corrected chi connectivity index (χ1v) is 8.47. The second-order valence-electron chi connectivity index (χ2n) is 5.77. The Bertz CT molecular complexity index is 815. The van der Waals surface area contributed by atoms with Crippen molar-refractivity contribution >= 4 is 58.2 Å². The molecule has 138 valence electrons.